The Morgan fingerprint density at radius 2 is 1.57 bits per heavy atom. The molecule has 4 nitrogen and oxygen atoms in total. The molecule has 0 aliphatic carbocycles. The maximum atomic E-state index is 13.1. The fourth-order valence-electron chi connectivity index (χ4n) is 3.95. The average molecular weight is 388 g/mol. The highest BCUT2D eigenvalue weighted by atomic mass is 19.4. The van der Waals surface area contributed by atoms with Crippen molar-refractivity contribution in [3.8, 4) is 0 Å². The molecule has 0 saturated carbocycles. The molecule has 1 amide bonds. The third-order valence-corrected chi connectivity index (χ3v) is 5.41. The summed E-state index contributed by atoms with van der Waals surface area (Å²) in [5.74, 6) is -1.85. The van der Waals surface area contributed by atoms with Gasteiger partial charge in [-0.2, -0.15) is 13.2 Å². The SMILES string of the molecule is O=C(Cn1c2ccccc2c(=O)c2ccccc21)N1CCC[C@H](C(F)(F)F)C1. The lowest BCUT2D eigenvalue weighted by molar-refractivity contribution is -0.188. The van der Waals surface area contributed by atoms with E-state index in [1.807, 2.05) is 0 Å². The Kier molecular flexibility index (Phi) is 4.61. The number of nitrogens with zero attached hydrogens (tertiary/aromatic N) is 2. The van der Waals surface area contributed by atoms with Gasteiger partial charge >= 0.3 is 6.18 Å². The van der Waals surface area contributed by atoms with E-state index in [4.69, 9.17) is 0 Å². The van der Waals surface area contributed by atoms with Crippen molar-refractivity contribution >= 4 is 27.7 Å². The molecular weight excluding hydrogens is 369 g/mol. The quantitative estimate of drug-likeness (QED) is 0.624. The molecule has 4 rings (SSSR count). The van der Waals surface area contributed by atoms with Crippen LogP contribution in [0.4, 0.5) is 13.2 Å². The summed E-state index contributed by atoms with van der Waals surface area (Å²) in [6, 6.07) is 14.0. The second kappa shape index (κ2) is 6.96. The van der Waals surface area contributed by atoms with Gasteiger partial charge in [0, 0.05) is 23.9 Å². The number of amides is 1. The van der Waals surface area contributed by atoms with Gasteiger partial charge in [0.1, 0.15) is 6.54 Å². The first-order valence-corrected chi connectivity index (χ1v) is 9.21. The van der Waals surface area contributed by atoms with Crippen molar-refractivity contribution in [1.82, 2.24) is 9.47 Å². The summed E-state index contributed by atoms with van der Waals surface area (Å²) in [4.78, 5) is 26.9. The number of likely N-dealkylation sites (tertiary alicyclic amines) is 1. The first-order chi connectivity index (χ1) is 13.4. The minimum absolute atomic E-state index is 0.0527. The number of carbonyl (C=O) groups is 1. The van der Waals surface area contributed by atoms with Crippen LogP contribution in [0.15, 0.2) is 53.3 Å². The number of para-hydroxylation sites is 2. The Morgan fingerprint density at radius 1 is 1.00 bits per heavy atom. The molecule has 0 spiro atoms. The summed E-state index contributed by atoms with van der Waals surface area (Å²) in [6.45, 7) is -0.0915. The van der Waals surface area contributed by atoms with Crippen molar-refractivity contribution < 1.29 is 18.0 Å². The molecule has 0 unspecified atom stereocenters. The van der Waals surface area contributed by atoms with Crippen LogP contribution in [0.25, 0.3) is 21.8 Å². The Hall–Kier alpha value is -2.83. The van der Waals surface area contributed by atoms with Crippen molar-refractivity contribution in [2.45, 2.75) is 25.6 Å². The van der Waals surface area contributed by atoms with E-state index in [0.29, 0.717) is 34.8 Å². The monoisotopic (exact) mass is 388 g/mol. The maximum Gasteiger partial charge on any atom is 0.393 e. The van der Waals surface area contributed by atoms with E-state index in [1.54, 1.807) is 53.1 Å². The fourth-order valence-corrected chi connectivity index (χ4v) is 3.95. The van der Waals surface area contributed by atoms with Crippen molar-refractivity contribution in [1.29, 1.82) is 0 Å². The van der Waals surface area contributed by atoms with E-state index in [0.717, 1.165) is 0 Å². The molecule has 1 fully saturated rings. The number of aromatic nitrogens is 1. The highest BCUT2D eigenvalue weighted by Gasteiger charge is 2.42. The summed E-state index contributed by atoms with van der Waals surface area (Å²) < 4.78 is 41.0. The first-order valence-electron chi connectivity index (χ1n) is 9.21. The number of halogens is 3. The second-order valence-corrected chi connectivity index (χ2v) is 7.17. The highest BCUT2D eigenvalue weighted by Crippen LogP contribution is 2.33. The molecule has 7 heteroatoms. The normalized spacial score (nSPS) is 18.0. The zero-order valence-electron chi connectivity index (χ0n) is 15.1. The predicted octanol–water partition coefficient (Wildman–Crippen LogP) is 3.96. The summed E-state index contributed by atoms with van der Waals surface area (Å²) in [5, 5.41) is 0.974. The van der Waals surface area contributed by atoms with Gasteiger partial charge in [-0.1, -0.05) is 24.3 Å². The van der Waals surface area contributed by atoms with E-state index in [-0.39, 0.29) is 30.8 Å². The van der Waals surface area contributed by atoms with Crippen molar-refractivity contribution in [2.75, 3.05) is 13.1 Å². The molecule has 0 N–H and O–H groups in total. The predicted molar refractivity (Wildman–Crippen MR) is 101 cm³/mol. The molecule has 3 aromatic rings. The minimum Gasteiger partial charge on any atom is -0.341 e. The molecular formula is C21H19F3N2O2. The number of hydrogen-bond donors (Lipinski definition) is 0. The smallest absolute Gasteiger partial charge is 0.341 e. The van der Waals surface area contributed by atoms with Gasteiger partial charge in [0.05, 0.1) is 17.0 Å². The van der Waals surface area contributed by atoms with Gasteiger partial charge in [-0.15, -0.1) is 0 Å². The molecule has 1 atom stereocenters. The van der Waals surface area contributed by atoms with Gasteiger partial charge in [-0.05, 0) is 37.1 Å². The van der Waals surface area contributed by atoms with Crippen LogP contribution < -0.4 is 5.43 Å². The molecule has 2 aromatic carbocycles. The van der Waals surface area contributed by atoms with Gasteiger partial charge in [0.25, 0.3) is 0 Å². The molecule has 0 bridgehead atoms. The third kappa shape index (κ3) is 3.25. The van der Waals surface area contributed by atoms with Gasteiger partial charge in [0.15, 0.2) is 5.43 Å². The van der Waals surface area contributed by atoms with Gasteiger partial charge < -0.3 is 9.47 Å². The molecule has 28 heavy (non-hydrogen) atoms. The Labute approximate surface area is 159 Å². The van der Waals surface area contributed by atoms with E-state index in [2.05, 4.69) is 0 Å². The number of hydrogen-bond acceptors (Lipinski definition) is 2. The topological polar surface area (TPSA) is 42.3 Å². The van der Waals surface area contributed by atoms with Crippen LogP contribution in [0.1, 0.15) is 12.8 Å². The zero-order chi connectivity index (χ0) is 19.9. The lowest BCUT2D eigenvalue weighted by Crippen LogP contribution is -2.45. The van der Waals surface area contributed by atoms with Crippen LogP contribution in [0.2, 0.25) is 0 Å². The van der Waals surface area contributed by atoms with Crippen LogP contribution in [-0.2, 0) is 11.3 Å². The van der Waals surface area contributed by atoms with E-state index in [1.165, 1.54) is 4.90 Å². The van der Waals surface area contributed by atoms with E-state index in [9.17, 15) is 22.8 Å². The molecule has 2 heterocycles. The summed E-state index contributed by atoms with van der Waals surface area (Å²) >= 11 is 0. The Morgan fingerprint density at radius 3 is 2.14 bits per heavy atom. The van der Waals surface area contributed by atoms with Crippen molar-refractivity contribution in [3.05, 3.63) is 58.8 Å². The molecule has 1 aromatic heterocycles. The van der Waals surface area contributed by atoms with E-state index < -0.39 is 12.1 Å². The molecule has 146 valence electrons. The fraction of sp³-hybridized carbons (Fsp3) is 0.333. The average Bonchev–Trinajstić information content (AvgIpc) is 2.70. The molecule has 1 aliphatic heterocycles. The largest absolute Gasteiger partial charge is 0.393 e. The minimum atomic E-state index is -4.30. The molecule has 0 radical (unpaired) electrons. The standard InChI is InChI=1S/C21H19F3N2O2/c22-21(23,24)14-6-5-11-25(12-14)19(27)13-26-17-9-3-1-7-15(17)20(28)16-8-2-4-10-18(16)26/h1-4,7-10,14H,5-6,11-13H2/t14-/m0/s1. The number of carbonyl (C=O) groups excluding carboxylic acids is 1. The number of piperidine rings is 1. The lowest BCUT2D eigenvalue weighted by Gasteiger charge is -2.34. The Balaban J connectivity index is 1.74. The first kappa shape index (κ1) is 18.5. The zero-order valence-corrected chi connectivity index (χ0v) is 15.1. The van der Waals surface area contributed by atoms with Gasteiger partial charge in [-0.25, -0.2) is 0 Å². The van der Waals surface area contributed by atoms with Crippen molar-refractivity contribution in [2.24, 2.45) is 5.92 Å². The van der Waals surface area contributed by atoms with Crippen LogP contribution >= 0.6 is 0 Å². The lowest BCUT2D eigenvalue weighted by atomic mass is 9.97. The van der Waals surface area contributed by atoms with Crippen LogP contribution in [0.5, 0.6) is 0 Å². The van der Waals surface area contributed by atoms with E-state index >= 15 is 0 Å². The summed E-state index contributed by atoms with van der Waals surface area (Å²) in [6.07, 6.45) is -3.91. The number of rotatable bonds is 2. The van der Waals surface area contributed by atoms with Gasteiger partial charge in [0.2, 0.25) is 5.91 Å². The van der Waals surface area contributed by atoms with Crippen molar-refractivity contribution in [3.63, 3.8) is 0 Å². The number of fused-ring (bicyclic) bond motifs is 2. The number of benzene rings is 2. The molecule has 1 aliphatic rings. The van der Waals surface area contributed by atoms with Crippen LogP contribution in [0.3, 0.4) is 0 Å². The van der Waals surface area contributed by atoms with Gasteiger partial charge in [-0.3, -0.25) is 9.59 Å². The number of pyridine rings is 1. The van der Waals surface area contributed by atoms with Crippen LogP contribution in [-0.4, -0.2) is 34.6 Å². The Bertz CT molecular complexity index is 1040. The van der Waals surface area contributed by atoms with Crippen LogP contribution in [0, 0.1) is 5.92 Å². The number of alkyl halides is 3. The summed E-state index contributed by atoms with van der Waals surface area (Å²) in [5.41, 5.74) is 1.08. The second-order valence-electron chi connectivity index (χ2n) is 7.17. The molecule has 1 saturated heterocycles. The maximum absolute atomic E-state index is 13.1. The third-order valence-electron chi connectivity index (χ3n) is 5.41. The summed E-state index contributed by atoms with van der Waals surface area (Å²) in [7, 11) is 0. The highest BCUT2D eigenvalue weighted by molar-refractivity contribution is 5.94.